The SMILES string of the molecule is O=C(c1cccs1)N(Cc1ccc(OCCN2C(=O)CCC2=O)cc1)CC1CCCO1. The van der Waals surface area contributed by atoms with E-state index in [4.69, 9.17) is 9.47 Å². The highest BCUT2D eigenvalue weighted by atomic mass is 32.1. The van der Waals surface area contributed by atoms with Crippen molar-refractivity contribution in [3.63, 3.8) is 0 Å². The Hall–Kier alpha value is -2.71. The molecule has 164 valence electrons. The molecule has 8 heteroatoms. The summed E-state index contributed by atoms with van der Waals surface area (Å²) in [5.41, 5.74) is 1.00. The first kappa shape index (κ1) is 21.5. The minimum absolute atomic E-state index is 0.0192. The molecule has 0 aliphatic carbocycles. The van der Waals surface area contributed by atoms with Crippen LogP contribution < -0.4 is 4.74 Å². The van der Waals surface area contributed by atoms with Gasteiger partial charge in [-0.2, -0.15) is 0 Å². The number of amides is 3. The van der Waals surface area contributed by atoms with E-state index in [1.54, 1.807) is 0 Å². The van der Waals surface area contributed by atoms with E-state index >= 15 is 0 Å². The van der Waals surface area contributed by atoms with E-state index in [0.717, 1.165) is 29.9 Å². The number of rotatable bonds is 9. The molecular formula is C23H26N2O5S. The van der Waals surface area contributed by atoms with Crippen LogP contribution >= 0.6 is 11.3 Å². The summed E-state index contributed by atoms with van der Waals surface area (Å²) in [4.78, 5) is 40.1. The highest BCUT2D eigenvalue weighted by Crippen LogP contribution is 2.21. The molecule has 0 N–H and O–H groups in total. The summed E-state index contributed by atoms with van der Waals surface area (Å²) in [6, 6.07) is 11.3. The third-order valence-electron chi connectivity index (χ3n) is 5.50. The summed E-state index contributed by atoms with van der Waals surface area (Å²) < 4.78 is 11.4. The zero-order valence-electron chi connectivity index (χ0n) is 17.3. The average molecular weight is 443 g/mol. The lowest BCUT2D eigenvalue weighted by Crippen LogP contribution is -2.36. The molecule has 3 amide bonds. The van der Waals surface area contributed by atoms with Gasteiger partial charge in [-0.1, -0.05) is 18.2 Å². The standard InChI is InChI=1S/C23H26N2O5S/c26-21-9-10-22(27)25(21)11-13-30-18-7-5-17(6-8-18)15-24(16-19-3-1-12-29-19)23(28)20-4-2-14-31-20/h2,4-8,14,19H,1,3,9-13,15-16H2. The largest absolute Gasteiger partial charge is 0.492 e. The van der Waals surface area contributed by atoms with Crippen LogP contribution in [0.2, 0.25) is 0 Å². The molecule has 0 spiro atoms. The molecule has 2 aliphatic rings. The molecule has 2 aliphatic heterocycles. The Kier molecular flexibility index (Phi) is 6.99. The fourth-order valence-corrected chi connectivity index (χ4v) is 4.54. The van der Waals surface area contributed by atoms with Gasteiger partial charge in [0.15, 0.2) is 0 Å². The van der Waals surface area contributed by atoms with E-state index in [9.17, 15) is 14.4 Å². The van der Waals surface area contributed by atoms with E-state index < -0.39 is 0 Å². The summed E-state index contributed by atoms with van der Waals surface area (Å²) in [6.07, 6.45) is 2.68. The number of imide groups is 1. The smallest absolute Gasteiger partial charge is 0.264 e. The maximum absolute atomic E-state index is 13.0. The van der Waals surface area contributed by atoms with Crippen molar-refractivity contribution in [1.82, 2.24) is 9.80 Å². The van der Waals surface area contributed by atoms with E-state index in [1.165, 1.54) is 16.2 Å². The third-order valence-corrected chi connectivity index (χ3v) is 6.36. The summed E-state index contributed by atoms with van der Waals surface area (Å²) in [7, 11) is 0. The van der Waals surface area contributed by atoms with Gasteiger partial charge in [0.05, 0.1) is 17.5 Å². The van der Waals surface area contributed by atoms with Crippen molar-refractivity contribution in [3.05, 3.63) is 52.2 Å². The second-order valence-electron chi connectivity index (χ2n) is 7.73. The Morgan fingerprint density at radius 2 is 1.94 bits per heavy atom. The van der Waals surface area contributed by atoms with Crippen molar-refractivity contribution < 1.29 is 23.9 Å². The molecule has 1 unspecified atom stereocenters. The molecule has 3 heterocycles. The zero-order chi connectivity index (χ0) is 21.6. The number of ether oxygens (including phenoxy) is 2. The molecular weight excluding hydrogens is 416 g/mol. The first-order valence-electron chi connectivity index (χ1n) is 10.6. The fraction of sp³-hybridized carbons (Fsp3) is 0.435. The Morgan fingerprint density at radius 1 is 1.16 bits per heavy atom. The topological polar surface area (TPSA) is 76.2 Å². The lowest BCUT2D eigenvalue weighted by Gasteiger charge is -2.25. The van der Waals surface area contributed by atoms with Gasteiger partial charge in [0.2, 0.25) is 11.8 Å². The summed E-state index contributed by atoms with van der Waals surface area (Å²) >= 11 is 1.45. The number of hydrogen-bond donors (Lipinski definition) is 0. The van der Waals surface area contributed by atoms with Crippen molar-refractivity contribution in [1.29, 1.82) is 0 Å². The van der Waals surface area contributed by atoms with E-state index in [1.807, 2.05) is 46.7 Å². The van der Waals surface area contributed by atoms with Gasteiger partial charge >= 0.3 is 0 Å². The van der Waals surface area contributed by atoms with Crippen LogP contribution in [-0.2, 0) is 20.9 Å². The summed E-state index contributed by atoms with van der Waals surface area (Å²) in [5.74, 6) is 0.417. The van der Waals surface area contributed by atoms with Crippen molar-refractivity contribution in [2.24, 2.45) is 0 Å². The number of likely N-dealkylation sites (tertiary alicyclic amines) is 1. The lowest BCUT2D eigenvalue weighted by molar-refractivity contribution is -0.138. The minimum atomic E-state index is -0.134. The zero-order valence-corrected chi connectivity index (χ0v) is 18.1. The molecule has 1 atom stereocenters. The van der Waals surface area contributed by atoms with Gasteiger partial charge in [0.25, 0.3) is 5.91 Å². The van der Waals surface area contributed by atoms with Gasteiger partial charge < -0.3 is 14.4 Å². The fourth-order valence-electron chi connectivity index (χ4n) is 3.85. The molecule has 2 saturated heterocycles. The molecule has 0 radical (unpaired) electrons. The van der Waals surface area contributed by atoms with Gasteiger partial charge in [-0.3, -0.25) is 19.3 Å². The Bertz CT molecular complexity index is 891. The number of carbonyl (C=O) groups excluding carboxylic acids is 3. The second kappa shape index (κ2) is 10.1. The van der Waals surface area contributed by atoms with Crippen molar-refractivity contribution in [2.45, 2.75) is 38.3 Å². The predicted molar refractivity (Wildman–Crippen MR) is 116 cm³/mol. The number of hydrogen-bond acceptors (Lipinski definition) is 6. The van der Waals surface area contributed by atoms with Crippen LogP contribution in [0.5, 0.6) is 5.75 Å². The lowest BCUT2D eigenvalue weighted by atomic mass is 10.1. The van der Waals surface area contributed by atoms with E-state index in [2.05, 4.69) is 0 Å². The van der Waals surface area contributed by atoms with Crippen molar-refractivity contribution >= 4 is 29.1 Å². The first-order chi connectivity index (χ1) is 15.1. The van der Waals surface area contributed by atoms with Crippen LogP contribution in [-0.4, -0.2) is 59.9 Å². The predicted octanol–water partition coefficient (Wildman–Crippen LogP) is 3.10. The number of thiophene rings is 1. The Labute approximate surface area is 185 Å². The minimum Gasteiger partial charge on any atom is -0.492 e. The van der Waals surface area contributed by atoms with Crippen LogP contribution in [0.25, 0.3) is 0 Å². The molecule has 1 aromatic heterocycles. The maximum Gasteiger partial charge on any atom is 0.264 e. The monoisotopic (exact) mass is 442 g/mol. The van der Waals surface area contributed by atoms with Crippen molar-refractivity contribution in [3.8, 4) is 5.75 Å². The number of carbonyl (C=O) groups is 3. The summed E-state index contributed by atoms with van der Waals surface area (Å²) in [5, 5.41) is 1.91. The molecule has 2 fully saturated rings. The van der Waals surface area contributed by atoms with Crippen LogP contribution in [0.3, 0.4) is 0 Å². The summed E-state index contributed by atoms with van der Waals surface area (Å²) in [6.45, 7) is 2.36. The van der Waals surface area contributed by atoms with Crippen LogP contribution in [0.4, 0.5) is 0 Å². The quantitative estimate of drug-likeness (QED) is 0.558. The van der Waals surface area contributed by atoms with Gasteiger partial charge in [0, 0.05) is 32.5 Å². The molecule has 7 nitrogen and oxygen atoms in total. The molecule has 4 rings (SSSR count). The van der Waals surface area contributed by atoms with Crippen LogP contribution in [0.1, 0.15) is 40.9 Å². The second-order valence-corrected chi connectivity index (χ2v) is 8.68. The highest BCUT2D eigenvalue weighted by Gasteiger charge is 2.28. The molecule has 31 heavy (non-hydrogen) atoms. The molecule has 0 saturated carbocycles. The van der Waals surface area contributed by atoms with Gasteiger partial charge in [-0.15, -0.1) is 11.3 Å². The average Bonchev–Trinajstić information content (AvgIpc) is 3.54. The van der Waals surface area contributed by atoms with Gasteiger partial charge in [-0.25, -0.2) is 0 Å². The Balaban J connectivity index is 1.34. The first-order valence-corrected chi connectivity index (χ1v) is 11.5. The Morgan fingerprint density at radius 3 is 2.58 bits per heavy atom. The normalized spacial score (nSPS) is 18.6. The number of nitrogens with zero attached hydrogens (tertiary/aromatic N) is 2. The highest BCUT2D eigenvalue weighted by molar-refractivity contribution is 7.12. The van der Waals surface area contributed by atoms with Crippen LogP contribution in [0, 0.1) is 0 Å². The van der Waals surface area contributed by atoms with Gasteiger partial charge in [0.1, 0.15) is 12.4 Å². The molecule has 2 aromatic rings. The van der Waals surface area contributed by atoms with Crippen molar-refractivity contribution in [2.75, 3.05) is 26.3 Å². The van der Waals surface area contributed by atoms with E-state index in [-0.39, 0.29) is 37.0 Å². The molecule has 0 bridgehead atoms. The third kappa shape index (κ3) is 5.51. The van der Waals surface area contributed by atoms with Crippen LogP contribution in [0.15, 0.2) is 41.8 Å². The van der Waals surface area contributed by atoms with Gasteiger partial charge in [-0.05, 0) is 42.0 Å². The van der Waals surface area contributed by atoms with E-state index in [0.29, 0.717) is 31.7 Å². The number of benzene rings is 1. The molecule has 1 aromatic carbocycles. The maximum atomic E-state index is 13.0.